The van der Waals surface area contributed by atoms with Crippen molar-refractivity contribution < 1.29 is 33.4 Å². The number of ether oxygens (including phenoxy) is 3. The predicted molar refractivity (Wildman–Crippen MR) is 180 cm³/mol. The lowest BCUT2D eigenvalue weighted by molar-refractivity contribution is -0.0594. The lowest BCUT2D eigenvalue weighted by Gasteiger charge is -2.22. The number of aromatic nitrogens is 4. The fourth-order valence-electron chi connectivity index (χ4n) is 5.67. The number of benzene rings is 4. The number of anilines is 1. The normalized spacial score (nSPS) is 16.8. The number of fused-ring (bicyclic) bond motifs is 1. The number of nitrogens with zero attached hydrogens (tertiary/aromatic N) is 5. The maximum Gasteiger partial charge on any atom is 0.338 e. The highest BCUT2D eigenvalue weighted by Crippen LogP contribution is 2.35. The van der Waals surface area contributed by atoms with E-state index in [0.717, 1.165) is 4.90 Å². The molecule has 12 heteroatoms. The van der Waals surface area contributed by atoms with E-state index in [1.807, 2.05) is 0 Å². The van der Waals surface area contributed by atoms with E-state index in [1.165, 1.54) is 12.7 Å². The van der Waals surface area contributed by atoms with Crippen LogP contribution >= 0.6 is 0 Å². The van der Waals surface area contributed by atoms with E-state index >= 15 is 0 Å². The van der Waals surface area contributed by atoms with Crippen LogP contribution in [0, 0.1) is 0 Å². The molecule has 0 N–H and O–H groups in total. The van der Waals surface area contributed by atoms with Crippen molar-refractivity contribution in [2.45, 2.75) is 24.9 Å². The summed E-state index contributed by atoms with van der Waals surface area (Å²) in [4.78, 5) is 68.1. The molecule has 12 nitrogen and oxygen atoms in total. The van der Waals surface area contributed by atoms with Gasteiger partial charge in [-0.2, -0.15) is 0 Å². The number of carbonyl (C=O) groups excluding carboxylic acids is 4. The lowest BCUT2D eigenvalue weighted by Crippen LogP contribution is -2.38. The monoisotopic (exact) mass is 667 g/mol. The molecular weight excluding hydrogens is 638 g/mol. The van der Waals surface area contributed by atoms with Gasteiger partial charge < -0.3 is 14.2 Å². The topological polar surface area (TPSA) is 143 Å². The highest BCUT2D eigenvalue weighted by Gasteiger charge is 2.41. The number of hydrogen-bond donors (Lipinski definition) is 0. The number of hydrogen-bond acceptors (Lipinski definition) is 10. The van der Waals surface area contributed by atoms with Crippen molar-refractivity contribution in [1.82, 2.24) is 19.5 Å². The minimum absolute atomic E-state index is 0.0411. The first-order valence-corrected chi connectivity index (χ1v) is 15.8. The molecule has 2 amide bonds. The fraction of sp³-hybridized carbons (Fsp3) is 0.132. The van der Waals surface area contributed by atoms with Gasteiger partial charge in [0.25, 0.3) is 11.8 Å². The first-order valence-electron chi connectivity index (χ1n) is 15.8. The number of imide groups is 1. The molecular formula is C38H29N5O7. The number of carbonyl (C=O) groups is 4. The Morgan fingerprint density at radius 1 is 0.680 bits per heavy atom. The van der Waals surface area contributed by atoms with E-state index in [4.69, 9.17) is 14.2 Å². The Hall–Kier alpha value is -6.53. The van der Waals surface area contributed by atoms with Gasteiger partial charge in [-0.05, 0) is 48.5 Å². The maximum atomic E-state index is 13.9. The zero-order valence-corrected chi connectivity index (χ0v) is 26.4. The summed E-state index contributed by atoms with van der Waals surface area (Å²) in [6.45, 7) is -0.110. The Balaban J connectivity index is 1.23. The second-order valence-electron chi connectivity index (χ2n) is 11.4. The van der Waals surface area contributed by atoms with Crippen molar-refractivity contribution in [2.24, 2.45) is 0 Å². The van der Waals surface area contributed by atoms with Gasteiger partial charge in [-0.1, -0.05) is 72.8 Å². The van der Waals surface area contributed by atoms with E-state index in [-0.39, 0.29) is 41.1 Å². The average molecular weight is 668 g/mol. The summed E-state index contributed by atoms with van der Waals surface area (Å²) in [5.41, 5.74) is 1.62. The van der Waals surface area contributed by atoms with Crippen molar-refractivity contribution in [2.75, 3.05) is 11.5 Å². The third-order valence-corrected chi connectivity index (χ3v) is 8.10. The van der Waals surface area contributed by atoms with E-state index in [0.29, 0.717) is 11.1 Å². The van der Waals surface area contributed by atoms with Gasteiger partial charge >= 0.3 is 11.9 Å². The molecule has 7 rings (SSSR count). The minimum Gasteiger partial charge on any atom is -0.459 e. The van der Waals surface area contributed by atoms with Crippen molar-refractivity contribution in [3.63, 3.8) is 0 Å². The summed E-state index contributed by atoms with van der Waals surface area (Å²) in [5, 5.41) is 0. The SMILES string of the molecule is O=C(OC[C@@H]1C[C@@H](OC(=O)c2ccccc2)[C@H](n2cnc3c(N(C(=O)c4ccccc4)C(=O)c4ccccc4)ncnc32)O1)c1ccccc1. The van der Waals surface area contributed by atoms with Crippen LogP contribution in [0.1, 0.15) is 54.1 Å². The molecule has 3 atom stereocenters. The zero-order valence-electron chi connectivity index (χ0n) is 26.4. The van der Waals surface area contributed by atoms with Crippen LogP contribution in [-0.2, 0) is 14.2 Å². The molecule has 0 saturated carbocycles. The summed E-state index contributed by atoms with van der Waals surface area (Å²) in [7, 11) is 0. The quantitative estimate of drug-likeness (QED) is 0.140. The molecule has 0 spiro atoms. The third-order valence-electron chi connectivity index (χ3n) is 8.10. The summed E-state index contributed by atoms with van der Waals surface area (Å²) >= 11 is 0. The van der Waals surface area contributed by atoms with Gasteiger partial charge in [0.2, 0.25) is 0 Å². The van der Waals surface area contributed by atoms with Crippen LogP contribution in [0.2, 0.25) is 0 Å². The molecule has 1 aliphatic rings. The summed E-state index contributed by atoms with van der Waals surface area (Å²) in [5.74, 6) is -2.35. The Labute approximate surface area is 285 Å². The van der Waals surface area contributed by atoms with Crippen LogP contribution in [0.5, 0.6) is 0 Å². The van der Waals surface area contributed by atoms with Crippen molar-refractivity contribution in [3.8, 4) is 0 Å². The Morgan fingerprint density at radius 2 is 1.20 bits per heavy atom. The van der Waals surface area contributed by atoms with Crippen LogP contribution in [0.25, 0.3) is 11.2 Å². The summed E-state index contributed by atoms with van der Waals surface area (Å²) < 4.78 is 19.4. The Kier molecular flexibility index (Phi) is 9.16. The largest absolute Gasteiger partial charge is 0.459 e. The second-order valence-corrected chi connectivity index (χ2v) is 11.4. The minimum atomic E-state index is -0.959. The molecule has 1 saturated heterocycles. The number of esters is 2. The van der Waals surface area contributed by atoms with Crippen molar-refractivity contribution >= 4 is 40.7 Å². The number of imidazole rings is 1. The van der Waals surface area contributed by atoms with Gasteiger partial charge in [0.05, 0.1) is 23.6 Å². The summed E-state index contributed by atoms with van der Waals surface area (Å²) in [6.07, 6.45) is 0.363. The Morgan fingerprint density at radius 3 is 1.76 bits per heavy atom. The molecule has 0 aliphatic carbocycles. The van der Waals surface area contributed by atoms with Crippen LogP contribution in [-0.4, -0.2) is 62.1 Å². The molecule has 4 aromatic carbocycles. The lowest BCUT2D eigenvalue weighted by atomic mass is 10.1. The molecule has 248 valence electrons. The van der Waals surface area contributed by atoms with E-state index in [1.54, 1.807) is 126 Å². The van der Waals surface area contributed by atoms with E-state index in [2.05, 4.69) is 15.0 Å². The molecule has 0 radical (unpaired) electrons. The van der Waals surface area contributed by atoms with Gasteiger partial charge in [0.1, 0.15) is 19.0 Å². The van der Waals surface area contributed by atoms with Crippen LogP contribution in [0.15, 0.2) is 134 Å². The van der Waals surface area contributed by atoms with E-state index < -0.39 is 42.2 Å². The van der Waals surface area contributed by atoms with Crippen LogP contribution < -0.4 is 4.90 Å². The summed E-state index contributed by atoms with van der Waals surface area (Å²) in [6, 6.07) is 33.8. The molecule has 6 aromatic rings. The smallest absolute Gasteiger partial charge is 0.338 e. The van der Waals surface area contributed by atoms with Crippen molar-refractivity contribution in [1.29, 1.82) is 0 Å². The highest BCUT2D eigenvalue weighted by atomic mass is 16.6. The molecule has 50 heavy (non-hydrogen) atoms. The standard InChI is InChI=1S/C38H29N5O7/c44-34(25-13-5-1-6-14-25)43(35(45)26-15-7-2-8-16-26)33-31-32(39-23-40-33)42(24-41-31)36-30(50-38(47)28-19-11-4-12-20-28)21-29(49-36)22-48-37(46)27-17-9-3-10-18-27/h1-20,23-24,29-30,36H,21-22H2/t29-,30+,36+/m0/s1. The average Bonchev–Trinajstić information content (AvgIpc) is 3.79. The highest BCUT2D eigenvalue weighted by molar-refractivity contribution is 6.27. The Bertz CT molecular complexity index is 2090. The van der Waals surface area contributed by atoms with Gasteiger partial charge in [0.15, 0.2) is 23.2 Å². The number of amides is 2. The molecule has 0 unspecified atom stereocenters. The molecule has 2 aromatic heterocycles. The second kappa shape index (κ2) is 14.3. The molecule has 3 heterocycles. The van der Waals surface area contributed by atoms with Crippen molar-refractivity contribution in [3.05, 3.63) is 156 Å². The van der Waals surface area contributed by atoms with Gasteiger partial charge in [-0.15, -0.1) is 0 Å². The molecule has 1 aliphatic heterocycles. The van der Waals surface area contributed by atoms with Gasteiger partial charge in [-0.3, -0.25) is 14.2 Å². The maximum absolute atomic E-state index is 13.9. The van der Waals surface area contributed by atoms with E-state index in [9.17, 15) is 19.2 Å². The van der Waals surface area contributed by atoms with Gasteiger partial charge in [0, 0.05) is 17.5 Å². The first-order chi connectivity index (χ1) is 24.5. The van der Waals surface area contributed by atoms with Gasteiger partial charge in [-0.25, -0.2) is 29.4 Å². The van der Waals surface area contributed by atoms with Crippen LogP contribution in [0.4, 0.5) is 5.82 Å². The number of rotatable bonds is 9. The molecule has 1 fully saturated rings. The first kappa shape index (κ1) is 32.0. The third kappa shape index (κ3) is 6.60. The molecule has 0 bridgehead atoms. The predicted octanol–water partition coefficient (Wildman–Crippen LogP) is 5.68. The zero-order chi connectivity index (χ0) is 34.5. The fourth-order valence-corrected chi connectivity index (χ4v) is 5.67. The van der Waals surface area contributed by atoms with Crippen LogP contribution in [0.3, 0.4) is 0 Å².